The Morgan fingerprint density at radius 3 is 2.58 bits per heavy atom. The summed E-state index contributed by atoms with van der Waals surface area (Å²) in [7, 11) is 2.97. The SMILES string of the molecule is COc1cc2c(Oc3ccc(NC(=O)c4nn(-c5ccccc5Cl)c(=O)n4C)cc3F)ccnc2cc1OCCCN1CCC(C)CC1. The number of methoxy groups -OCH3 is 1. The molecule has 0 unspecified atom stereocenters. The molecule has 1 saturated heterocycles. The van der Waals surface area contributed by atoms with Crippen LogP contribution < -0.4 is 25.2 Å². The normalized spacial score (nSPS) is 13.9. The number of piperidine rings is 1. The number of fused-ring (bicyclic) bond motifs is 1. The number of ether oxygens (including phenoxy) is 3. The van der Waals surface area contributed by atoms with Gasteiger partial charge in [-0.15, -0.1) is 5.10 Å². The molecule has 11 nitrogen and oxygen atoms in total. The van der Waals surface area contributed by atoms with Crippen LogP contribution in [0, 0.1) is 11.7 Å². The number of rotatable bonds is 11. The predicted molar refractivity (Wildman–Crippen MR) is 181 cm³/mol. The van der Waals surface area contributed by atoms with Crippen molar-refractivity contribution < 1.29 is 23.4 Å². The van der Waals surface area contributed by atoms with E-state index in [1.54, 1.807) is 55.8 Å². The molecule has 0 spiro atoms. The number of nitrogens with one attached hydrogen (secondary N) is 1. The average molecular weight is 675 g/mol. The van der Waals surface area contributed by atoms with Gasteiger partial charge in [-0.05, 0) is 74.7 Å². The summed E-state index contributed by atoms with van der Waals surface area (Å²) in [6.45, 7) is 6.09. The van der Waals surface area contributed by atoms with Crippen LogP contribution in [0.3, 0.4) is 0 Å². The van der Waals surface area contributed by atoms with Crippen LogP contribution in [0.5, 0.6) is 23.0 Å². The average Bonchev–Trinajstić information content (AvgIpc) is 3.38. The van der Waals surface area contributed by atoms with Crippen molar-refractivity contribution >= 4 is 34.1 Å². The number of carbonyl (C=O) groups excluding carboxylic acids is 1. The number of aromatic nitrogens is 4. The van der Waals surface area contributed by atoms with Gasteiger partial charge < -0.3 is 24.4 Å². The van der Waals surface area contributed by atoms with E-state index in [-0.39, 0.29) is 17.3 Å². The van der Waals surface area contributed by atoms with Gasteiger partial charge in [0.25, 0.3) is 5.91 Å². The van der Waals surface area contributed by atoms with E-state index >= 15 is 4.39 Å². The highest BCUT2D eigenvalue weighted by Crippen LogP contribution is 2.38. The van der Waals surface area contributed by atoms with Crippen LogP contribution in [-0.2, 0) is 7.05 Å². The second-order valence-corrected chi connectivity index (χ2v) is 12.2. The standard InChI is InChI=1S/C35H36ClFN6O5/c1-22-12-16-42(17-13-22)15-6-18-47-32-21-27-24(20-31(32)46-3)29(11-14-38-27)48-30-10-9-23(19-26(30)37)39-34(44)33-40-43(35(45)41(33)2)28-8-5-4-7-25(28)36/h4-5,7-11,14,19-22H,6,12-13,15-18H2,1-3H3,(H,39,44). The largest absolute Gasteiger partial charge is 0.493 e. The topological polar surface area (TPSA) is 113 Å². The van der Waals surface area contributed by atoms with E-state index in [4.69, 9.17) is 25.8 Å². The van der Waals surface area contributed by atoms with Gasteiger partial charge in [-0.1, -0.05) is 30.7 Å². The molecule has 0 bridgehead atoms. The van der Waals surface area contributed by atoms with E-state index in [1.165, 1.54) is 32.0 Å². The number of hydrogen-bond acceptors (Lipinski definition) is 8. The number of hydrogen-bond donors (Lipinski definition) is 1. The number of likely N-dealkylation sites (tertiary alicyclic amines) is 1. The molecule has 13 heteroatoms. The first kappa shape index (κ1) is 33.0. The van der Waals surface area contributed by atoms with Crippen molar-refractivity contribution in [2.24, 2.45) is 13.0 Å². The third kappa shape index (κ3) is 7.14. The summed E-state index contributed by atoms with van der Waals surface area (Å²) < 4.78 is 35.1. The molecule has 5 aromatic rings. The van der Waals surface area contributed by atoms with Gasteiger partial charge in [-0.25, -0.2) is 9.18 Å². The Labute approximate surface area is 281 Å². The van der Waals surface area contributed by atoms with Crippen LogP contribution in [0.4, 0.5) is 10.1 Å². The first-order chi connectivity index (χ1) is 23.2. The summed E-state index contributed by atoms with van der Waals surface area (Å²) in [5.41, 5.74) is 0.502. The first-order valence-corrected chi connectivity index (χ1v) is 16.1. The molecule has 2 aromatic heterocycles. The Morgan fingerprint density at radius 2 is 1.83 bits per heavy atom. The minimum absolute atomic E-state index is 0.0673. The Kier molecular flexibility index (Phi) is 9.93. The van der Waals surface area contributed by atoms with Crippen molar-refractivity contribution in [1.82, 2.24) is 24.2 Å². The number of anilines is 1. The number of nitrogens with zero attached hydrogens (tertiary/aromatic N) is 5. The van der Waals surface area contributed by atoms with Crippen molar-refractivity contribution in [2.45, 2.75) is 26.2 Å². The molecule has 0 saturated carbocycles. The van der Waals surface area contributed by atoms with Gasteiger partial charge in [0, 0.05) is 43.0 Å². The molecule has 1 fully saturated rings. The zero-order valence-electron chi connectivity index (χ0n) is 26.9. The van der Waals surface area contributed by atoms with Gasteiger partial charge in [0.2, 0.25) is 5.82 Å². The van der Waals surface area contributed by atoms with Crippen LogP contribution in [-0.4, -0.2) is 63.5 Å². The van der Waals surface area contributed by atoms with Crippen molar-refractivity contribution in [3.8, 4) is 28.7 Å². The molecule has 48 heavy (non-hydrogen) atoms. The lowest BCUT2D eigenvalue weighted by Crippen LogP contribution is -2.34. The second-order valence-electron chi connectivity index (χ2n) is 11.8. The fourth-order valence-electron chi connectivity index (χ4n) is 5.63. The Hall–Kier alpha value is -4.94. The Bertz CT molecular complexity index is 2010. The summed E-state index contributed by atoms with van der Waals surface area (Å²) in [5, 5.41) is 7.64. The molecule has 1 aliphatic rings. The Morgan fingerprint density at radius 1 is 1.04 bits per heavy atom. The zero-order chi connectivity index (χ0) is 33.8. The quantitative estimate of drug-likeness (QED) is 0.159. The molecule has 0 radical (unpaired) electrons. The fraction of sp³-hybridized carbons (Fsp3) is 0.314. The van der Waals surface area contributed by atoms with Gasteiger partial charge in [0.05, 0.1) is 29.9 Å². The van der Waals surface area contributed by atoms with Gasteiger partial charge in [0.15, 0.2) is 23.1 Å². The van der Waals surface area contributed by atoms with Gasteiger partial charge in [0.1, 0.15) is 5.75 Å². The number of halogens is 2. The van der Waals surface area contributed by atoms with Crippen LogP contribution in [0.1, 0.15) is 36.8 Å². The number of pyridine rings is 1. The molecular weight excluding hydrogens is 639 g/mol. The molecule has 0 atom stereocenters. The minimum Gasteiger partial charge on any atom is -0.493 e. The zero-order valence-corrected chi connectivity index (χ0v) is 27.7. The van der Waals surface area contributed by atoms with E-state index in [9.17, 15) is 9.59 Å². The number of carbonyl (C=O) groups is 1. The summed E-state index contributed by atoms with van der Waals surface area (Å²) in [6.07, 6.45) is 4.94. The van der Waals surface area contributed by atoms with Crippen LogP contribution in [0.2, 0.25) is 5.02 Å². The highest BCUT2D eigenvalue weighted by Gasteiger charge is 2.21. The lowest BCUT2D eigenvalue weighted by Gasteiger charge is -2.30. The summed E-state index contributed by atoms with van der Waals surface area (Å²) in [5.74, 6) is 0.565. The summed E-state index contributed by atoms with van der Waals surface area (Å²) in [4.78, 5) is 32.8. The molecule has 3 heterocycles. The van der Waals surface area contributed by atoms with Crippen LogP contribution in [0.25, 0.3) is 16.6 Å². The van der Waals surface area contributed by atoms with E-state index in [2.05, 4.69) is 27.2 Å². The molecular formula is C35H36ClFN6O5. The molecule has 6 rings (SSSR count). The van der Waals surface area contributed by atoms with Crippen molar-refractivity contribution in [3.05, 3.63) is 94.0 Å². The number of amides is 1. The molecule has 1 N–H and O–H groups in total. The first-order valence-electron chi connectivity index (χ1n) is 15.7. The maximum Gasteiger partial charge on any atom is 0.350 e. The maximum atomic E-state index is 15.3. The maximum absolute atomic E-state index is 15.3. The van der Waals surface area contributed by atoms with Gasteiger partial charge in [-0.3, -0.25) is 14.3 Å². The third-order valence-electron chi connectivity index (χ3n) is 8.41. The Balaban J connectivity index is 1.14. The molecule has 1 amide bonds. The van der Waals surface area contributed by atoms with Crippen molar-refractivity contribution in [2.75, 3.05) is 38.7 Å². The van der Waals surface area contributed by atoms with Gasteiger partial charge >= 0.3 is 5.69 Å². The number of benzene rings is 3. The molecule has 0 aliphatic carbocycles. The lowest BCUT2D eigenvalue weighted by atomic mass is 9.99. The second kappa shape index (κ2) is 14.4. The van der Waals surface area contributed by atoms with E-state index in [0.717, 1.165) is 47.3 Å². The highest BCUT2D eigenvalue weighted by atomic mass is 35.5. The van der Waals surface area contributed by atoms with Crippen molar-refractivity contribution in [3.63, 3.8) is 0 Å². The van der Waals surface area contributed by atoms with Crippen molar-refractivity contribution in [1.29, 1.82) is 0 Å². The molecule has 3 aromatic carbocycles. The molecule has 250 valence electrons. The van der Waals surface area contributed by atoms with E-state index in [0.29, 0.717) is 45.5 Å². The van der Waals surface area contributed by atoms with E-state index in [1.807, 2.05) is 0 Å². The minimum atomic E-state index is -0.719. The highest BCUT2D eigenvalue weighted by molar-refractivity contribution is 6.32. The van der Waals surface area contributed by atoms with Crippen LogP contribution >= 0.6 is 11.6 Å². The monoisotopic (exact) mass is 674 g/mol. The summed E-state index contributed by atoms with van der Waals surface area (Å²) >= 11 is 6.22. The summed E-state index contributed by atoms with van der Waals surface area (Å²) in [6, 6.07) is 15.8. The smallest absolute Gasteiger partial charge is 0.350 e. The third-order valence-corrected chi connectivity index (χ3v) is 8.73. The predicted octanol–water partition coefficient (Wildman–Crippen LogP) is 6.47. The van der Waals surface area contributed by atoms with E-state index < -0.39 is 17.4 Å². The fourth-order valence-corrected chi connectivity index (χ4v) is 5.84. The van der Waals surface area contributed by atoms with Gasteiger partial charge in [-0.2, -0.15) is 4.68 Å². The number of para-hydroxylation sites is 1. The lowest BCUT2D eigenvalue weighted by molar-refractivity contribution is 0.101. The van der Waals surface area contributed by atoms with Crippen LogP contribution in [0.15, 0.2) is 71.7 Å². The molecule has 1 aliphatic heterocycles.